The highest BCUT2D eigenvalue weighted by atomic mass is 16.5. The van der Waals surface area contributed by atoms with Crippen molar-refractivity contribution in [1.82, 2.24) is 19.4 Å². The van der Waals surface area contributed by atoms with Crippen LogP contribution in [-0.4, -0.2) is 39.7 Å². The van der Waals surface area contributed by atoms with E-state index in [1.54, 1.807) is 7.11 Å². The molecule has 0 fully saturated rings. The summed E-state index contributed by atoms with van der Waals surface area (Å²) in [5.41, 5.74) is 3.78. The number of fused-ring (bicyclic) bond motifs is 1. The molecule has 20 heavy (non-hydrogen) atoms. The Labute approximate surface area is 119 Å². The Morgan fingerprint density at radius 3 is 2.90 bits per heavy atom. The van der Waals surface area contributed by atoms with Crippen molar-refractivity contribution < 1.29 is 4.74 Å². The van der Waals surface area contributed by atoms with Crippen LogP contribution in [0.1, 0.15) is 22.9 Å². The van der Waals surface area contributed by atoms with E-state index in [1.807, 2.05) is 18.7 Å². The van der Waals surface area contributed by atoms with Crippen LogP contribution in [0.15, 0.2) is 30.9 Å². The topological polar surface area (TPSA) is 43.2 Å². The molecule has 5 nitrogen and oxygen atoms in total. The standard InChI is InChI=1S/C15H20N4O/c1-18-11-17-14-9-19(7-12-3-5-16-6-4-12)8-13(10-20-2)15(14)18/h3-6,11,13H,7-10H2,1-2H3. The quantitative estimate of drug-likeness (QED) is 0.847. The van der Waals surface area contributed by atoms with Gasteiger partial charge in [0.2, 0.25) is 0 Å². The summed E-state index contributed by atoms with van der Waals surface area (Å²) in [6.07, 6.45) is 5.60. The lowest BCUT2D eigenvalue weighted by molar-refractivity contribution is 0.132. The average Bonchev–Trinajstić information content (AvgIpc) is 2.82. The molecule has 0 N–H and O–H groups in total. The monoisotopic (exact) mass is 272 g/mol. The molecule has 106 valence electrons. The minimum Gasteiger partial charge on any atom is -0.384 e. The highest BCUT2D eigenvalue weighted by Crippen LogP contribution is 2.28. The predicted octanol–water partition coefficient (Wildman–Crippen LogP) is 1.56. The van der Waals surface area contributed by atoms with Gasteiger partial charge in [0.1, 0.15) is 0 Å². The third-order valence-corrected chi connectivity index (χ3v) is 3.82. The highest BCUT2D eigenvalue weighted by molar-refractivity contribution is 5.22. The first-order valence-electron chi connectivity index (χ1n) is 6.88. The maximum absolute atomic E-state index is 5.38. The Hall–Kier alpha value is -1.72. The largest absolute Gasteiger partial charge is 0.384 e. The second-order valence-corrected chi connectivity index (χ2v) is 5.36. The number of ether oxygens (including phenoxy) is 1. The zero-order valence-electron chi connectivity index (χ0n) is 12.0. The van der Waals surface area contributed by atoms with Gasteiger partial charge in [0.15, 0.2) is 0 Å². The van der Waals surface area contributed by atoms with Gasteiger partial charge in [-0.15, -0.1) is 0 Å². The number of methoxy groups -OCH3 is 1. The van der Waals surface area contributed by atoms with Crippen molar-refractivity contribution in [2.24, 2.45) is 7.05 Å². The number of aromatic nitrogens is 3. The number of rotatable bonds is 4. The number of nitrogens with zero attached hydrogens (tertiary/aromatic N) is 4. The summed E-state index contributed by atoms with van der Waals surface area (Å²) in [5.74, 6) is 0.387. The van der Waals surface area contributed by atoms with E-state index in [0.29, 0.717) is 5.92 Å². The van der Waals surface area contributed by atoms with E-state index < -0.39 is 0 Å². The fraction of sp³-hybridized carbons (Fsp3) is 0.467. The summed E-state index contributed by atoms with van der Waals surface area (Å²) in [6, 6.07) is 4.14. The SMILES string of the molecule is COCC1CN(Cc2ccncc2)Cc2ncn(C)c21. The molecule has 0 spiro atoms. The van der Waals surface area contributed by atoms with Crippen molar-refractivity contribution in [1.29, 1.82) is 0 Å². The van der Waals surface area contributed by atoms with Crippen LogP contribution in [0.3, 0.4) is 0 Å². The van der Waals surface area contributed by atoms with Crippen molar-refractivity contribution in [3.05, 3.63) is 47.8 Å². The smallest absolute Gasteiger partial charge is 0.0949 e. The molecular weight excluding hydrogens is 252 g/mol. The lowest BCUT2D eigenvalue weighted by atomic mass is 9.98. The Kier molecular flexibility index (Phi) is 3.80. The van der Waals surface area contributed by atoms with Gasteiger partial charge in [-0.2, -0.15) is 0 Å². The zero-order valence-corrected chi connectivity index (χ0v) is 12.0. The first-order chi connectivity index (χ1) is 9.78. The third-order valence-electron chi connectivity index (χ3n) is 3.82. The average molecular weight is 272 g/mol. The number of imidazole rings is 1. The molecule has 3 rings (SSSR count). The second kappa shape index (κ2) is 5.73. The van der Waals surface area contributed by atoms with E-state index in [-0.39, 0.29) is 0 Å². The van der Waals surface area contributed by atoms with Crippen molar-refractivity contribution in [3.8, 4) is 0 Å². The Bertz CT molecular complexity index is 567. The minimum atomic E-state index is 0.387. The highest BCUT2D eigenvalue weighted by Gasteiger charge is 2.28. The van der Waals surface area contributed by atoms with Gasteiger partial charge in [-0.05, 0) is 17.7 Å². The van der Waals surface area contributed by atoms with Gasteiger partial charge in [0, 0.05) is 57.8 Å². The van der Waals surface area contributed by atoms with Crippen LogP contribution in [0.2, 0.25) is 0 Å². The Morgan fingerprint density at radius 2 is 2.15 bits per heavy atom. The van der Waals surface area contributed by atoms with Crippen LogP contribution in [0, 0.1) is 0 Å². The molecule has 1 atom stereocenters. The Balaban J connectivity index is 1.79. The van der Waals surface area contributed by atoms with Crippen LogP contribution in [-0.2, 0) is 24.9 Å². The van der Waals surface area contributed by atoms with E-state index in [0.717, 1.165) is 26.2 Å². The Morgan fingerprint density at radius 1 is 1.35 bits per heavy atom. The molecule has 0 saturated carbocycles. The van der Waals surface area contributed by atoms with Gasteiger partial charge < -0.3 is 9.30 Å². The first-order valence-corrected chi connectivity index (χ1v) is 6.88. The van der Waals surface area contributed by atoms with Gasteiger partial charge in [-0.3, -0.25) is 9.88 Å². The van der Waals surface area contributed by atoms with E-state index in [4.69, 9.17) is 4.74 Å². The molecule has 2 aromatic heterocycles. The molecule has 3 heterocycles. The summed E-state index contributed by atoms with van der Waals surface area (Å²) in [6.45, 7) is 3.57. The number of pyridine rings is 1. The zero-order chi connectivity index (χ0) is 13.9. The van der Waals surface area contributed by atoms with Crippen molar-refractivity contribution in [2.75, 3.05) is 20.3 Å². The van der Waals surface area contributed by atoms with E-state index >= 15 is 0 Å². The molecule has 0 amide bonds. The van der Waals surface area contributed by atoms with Crippen LogP contribution in [0.25, 0.3) is 0 Å². The molecule has 5 heteroatoms. The van der Waals surface area contributed by atoms with E-state index in [1.165, 1.54) is 17.0 Å². The molecule has 0 radical (unpaired) electrons. The number of aryl methyl sites for hydroxylation is 1. The molecule has 2 aromatic rings. The summed E-state index contributed by atoms with van der Waals surface area (Å²) in [4.78, 5) is 11.0. The molecule has 1 unspecified atom stereocenters. The first kappa shape index (κ1) is 13.3. The summed E-state index contributed by atoms with van der Waals surface area (Å²) >= 11 is 0. The molecule has 0 saturated heterocycles. The van der Waals surface area contributed by atoms with Crippen LogP contribution < -0.4 is 0 Å². The van der Waals surface area contributed by atoms with Crippen LogP contribution in [0.4, 0.5) is 0 Å². The lowest BCUT2D eigenvalue weighted by Gasteiger charge is -2.32. The van der Waals surface area contributed by atoms with Crippen molar-refractivity contribution in [3.63, 3.8) is 0 Å². The van der Waals surface area contributed by atoms with Gasteiger partial charge in [0.05, 0.1) is 18.6 Å². The number of hydrogen-bond acceptors (Lipinski definition) is 4. The van der Waals surface area contributed by atoms with Crippen LogP contribution >= 0.6 is 0 Å². The summed E-state index contributed by atoms with van der Waals surface area (Å²) in [7, 11) is 3.82. The predicted molar refractivity (Wildman–Crippen MR) is 76.2 cm³/mol. The van der Waals surface area contributed by atoms with Gasteiger partial charge >= 0.3 is 0 Å². The van der Waals surface area contributed by atoms with Gasteiger partial charge in [0.25, 0.3) is 0 Å². The van der Waals surface area contributed by atoms with Crippen LogP contribution in [0.5, 0.6) is 0 Å². The molecule has 0 bridgehead atoms. The maximum Gasteiger partial charge on any atom is 0.0949 e. The van der Waals surface area contributed by atoms with Gasteiger partial charge in [-0.25, -0.2) is 4.98 Å². The summed E-state index contributed by atoms with van der Waals surface area (Å²) in [5, 5.41) is 0. The molecule has 0 aliphatic carbocycles. The molecule has 1 aliphatic rings. The fourth-order valence-corrected chi connectivity index (χ4v) is 3.01. The molecular formula is C15H20N4O. The minimum absolute atomic E-state index is 0.387. The lowest BCUT2D eigenvalue weighted by Crippen LogP contribution is -2.35. The van der Waals surface area contributed by atoms with Crippen molar-refractivity contribution >= 4 is 0 Å². The normalized spacial score (nSPS) is 19.0. The third kappa shape index (κ3) is 2.59. The molecule has 1 aliphatic heterocycles. The second-order valence-electron chi connectivity index (χ2n) is 5.36. The maximum atomic E-state index is 5.38. The molecule has 0 aromatic carbocycles. The van der Waals surface area contributed by atoms with Gasteiger partial charge in [-0.1, -0.05) is 0 Å². The van der Waals surface area contributed by atoms with Crippen molar-refractivity contribution in [2.45, 2.75) is 19.0 Å². The summed E-state index contributed by atoms with van der Waals surface area (Å²) < 4.78 is 7.51. The fourth-order valence-electron chi connectivity index (χ4n) is 3.01. The van der Waals surface area contributed by atoms with E-state index in [9.17, 15) is 0 Å². The number of hydrogen-bond donors (Lipinski definition) is 0. The van der Waals surface area contributed by atoms with E-state index in [2.05, 4.69) is 38.6 Å².